The molecule has 1 aromatic rings. The summed E-state index contributed by atoms with van der Waals surface area (Å²) in [6, 6.07) is 6.77. The summed E-state index contributed by atoms with van der Waals surface area (Å²) < 4.78 is 6.62. The Morgan fingerprint density at radius 3 is 2.72 bits per heavy atom. The number of fused-ring (bicyclic) bond motifs is 1. The fraction of sp³-hybridized carbons (Fsp3) is 0.600. The number of benzene rings is 1. The summed E-state index contributed by atoms with van der Waals surface area (Å²) in [6.45, 7) is 0. The van der Waals surface area contributed by atoms with E-state index in [0.717, 1.165) is 23.7 Å². The Hall–Kier alpha value is -0.380. The summed E-state index contributed by atoms with van der Waals surface area (Å²) in [5.41, 5.74) is 9.63. The van der Waals surface area contributed by atoms with Crippen molar-refractivity contribution in [1.29, 1.82) is 0 Å². The van der Waals surface area contributed by atoms with Gasteiger partial charge in [-0.05, 0) is 60.8 Å². The summed E-state index contributed by atoms with van der Waals surface area (Å²) >= 11 is 3.55. The van der Waals surface area contributed by atoms with Gasteiger partial charge in [0.15, 0.2) is 0 Å². The topological polar surface area (TPSA) is 35.2 Å². The molecular formula is C15H20BrNO. The van der Waals surface area contributed by atoms with Crippen molar-refractivity contribution in [2.75, 3.05) is 7.11 Å². The van der Waals surface area contributed by atoms with Crippen molar-refractivity contribution in [2.45, 2.75) is 44.2 Å². The lowest BCUT2D eigenvalue weighted by Gasteiger charge is -2.40. The van der Waals surface area contributed by atoms with Crippen LogP contribution in [0.1, 0.15) is 42.9 Å². The van der Waals surface area contributed by atoms with Gasteiger partial charge in [0, 0.05) is 17.6 Å². The standard InChI is InChI=1S/C15H20BrNO/c1-18-12-4-6-15(7-5-12)9-10-2-3-11(16)8-13(10)14(15)17/h2-3,8,12,14H,4-7,9,17H2,1H3/t12-,14?,15-. The molecule has 0 radical (unpaired) electrons. The monoisotopic (exact) mass is 309 g/mol. The zero-order valence-electron chi connectivity index (χ0n) is 10.8. The first-order chi connectivity index (χ1) is 8.64. The van der Waals surface area contributed by atoms with Gasteiger partial charge in [-0.15, -0.1) is 0 Å². The Bertz CT molecular complexity index is 452. The Kier molecular flexibility index (Phi) is 3.25. The average Bonchev–Trinajstić information content (AvgIpc) is 2.65. The van der Waals surface area contributed by atoms with Crippen LogP contribution in [0.15, 0.2) is 22.7 Å². The first kappa shape index (κ1) is 12.6. The maximum absolute atomic E-state index is 6.55. The zero-order valence-corrected chi connectivity index (χ0v) is 12.4. The third-order valence-electron chi connectivity index (χ3n) is 4.91. The predicted molar refractivity (Wildman–Crippen MR) is 76.5 cm³/mol. The number of halogens is 1. The molecule has 0 amide bonds. The second-order valence-electron chi connectivity index (χ2n) is 5.80. The van der Waals surface area contributed by atoms with E-state index in [2.05, 4.69) is 34.1 Å². The first-order valence-electron chi connectivity index (χ1n) is 6.71. The second kappa shape index (κ2) is 4.62. The molecule has 2 nitrogen and oxygen atoms in total. The predicted octanol–water partition coefficient (Wildman–Crippen LogP) is 3.58. The Balaban J connectivity index is 1.86. The first-order valence-corrected chi connectivity index (χ1v) is 7.51. The highest BCUT2D eigenvalue weighted by atomic mass is 79.9. The molecule has 1 fully saturated rings. The Morgan fingerprint density at radius 1 is 1.33 bits per heavy atom. The molecule has 3 rings (SSSR count). The lowest BCUT2D eigenvalue weighted by atomic mass is 9.69. The Labute approximate surface area is 117 Å². The largest absolute Gasteiger partial charge is 0.381 e. The van der Waals surface area contributed by atoms with Crippen molar-refractivity contribution in [3.05, 3.63) is 33.8 Å². The van der Waals surface area contributed by atoms with Crippen LogP contribution in [-0.4, -0.2) is 13.2 Å². The van der Waals surface area contributed by atoms with Gasteiger partial charge >= 0.3 is 0 Å². The van der Waals surface area contributed by atoms with Crippen molar-refractivity contribution < 1.29 is 4.74 Å². The van der Waals surface area contributed by atoms with E-state index < -0.39 is 0 Å². The molecule has 1 aromatic carbocycles. The molecule has 0 aliphatic heterocycles. The van der Waals surface area contributed by atoms with Gasteiger partial charge in [0.25, 0.3) is 0 Å². The van der Waals surface area contributed by atoms with Crippen LogP contribution < -0.4 is 5.73 Å². The lowest BCUT2D eigenvalue weighted by Crippen LogP contribution is -2.37. The van der Waals surface area contributed by atoms with E-state index >= 15 is 0 Å². The van der Waals surface area contributed by atoms with Crippen molar-refractivity contribution in [3.8, 4) is 0 Å². The maximum atomic E-state index is 6.55. The fourth-order valence-electron chi connectivity index (χ4n) is 3.73. The molecule has 1 atom stereocenters. The van der Waals surface area contributed by atoms with Crippen molar-refractivity contribution in [3.63, 3.8) is 0 Å². The summed E-state index contributed by atoms with van der Waals surface area (Å²) in [4.78, 5) is 0. The summed E-state index contributed by atoms with van der Waals surface area (Å²) in [7, 11) is 1.82. The highest BCUT2D eigenvalue weighted by molar-refractivity contribution is 9.10. The normalized spacial score (nSPS) is 34.8. The van der Waals surface area contributed by atoms with E-state index in [9.17, 15) is 0 Å². The average molecular weight is 310 g/mol. The minimum absolute atomic E-state index is 0.197. The summed E-state index contributed by atoms with van der Waals surface area (Å²) in [5, 5.41) is 0. The van der Waals surface area contributed by atoms with Gasteiger partial charge in [0.1, 0.15) is 0 Å². The van der Waals surface area contributed by atoms with Crippen LogP contribution in [0.4, 0.5) is 0 Å². The SMILES string of the molecule is CO[C@H]1CC[C@]2(CC1)Cc1ccc(Br)cc1C2N. The van der Waals surface area contributed by atoms with Crippen molar-refractivity contribution in [1.82, 2.24) is 0 Å². The third kappa shape index (κ3) is 1.93. The molecule has 1 spiro atoms. The van der Waals surface area contributed by atoms with Gasteiger partial charge in [0.2, 0.25) is 0 Å². The van der Waals surface area contributed by atoms with Gasteiger partial charge < -0.3 is 10.5 Å². The number of hydrogen-bond acceptors (Lipinski definition) is 2. The molecule has 3 heteroatoms. The van der Waals surface area contributed by atoms with E-state index in [-0.39, 0.29) is 11.5 Å². The van der Waals surface area contributed by atoms with Crippen LogP contribution in [0.5, 0.6) is 0 Å². The quantitative estimate of drug-likeness (QED) is 0.860. The van der Waals surface area contributed by atoms with Gasteiger partial charge in [-0.2, -0.15) is 0 Å². The van der Waals surface area contributed by atoms with E-state index in [1.54, 1.807) is 0 Å². The molecule has 0 bridgehead atoms. The number of hydrogen-bond donors (Lipinski definition) is 1. The van der Waals surface area contributed by atoms with E-state index in [1.807, 2.05) is 7.11 Å². The number of ether oxygens (including phenoxy) is 1. The van der Waals surface area contributed by atoms with Gasteiger partial charge in [-0.25, -0.2) is 0 Å². The zero-order chi connectivity index (χ0) is 12.8. The second-order valence-corrected chi connectivity index (χ2v) is 6.71. The minimum atomic E-state index is 0.197. The van der Waals surface area contributed by atoms with Crippen LogP contribution in [0.25, 0.3) is 0 Å². The van der Waals surface area contributed by atoms with Crippen LogP contribution in [0.3, 0.4) is 0 Å². The van der Waals surface area contributed by atoms with Crippen molar-refractivity contribution >= 4 is 15.9 Å². The summed E-state index contributed by atoms with van der Waals surface area (Å²) in [6.07, 6.45) is 6.28. The maximum Gasteiger partial charge on any atom is 0.0571 e. The highest BCUT2D eigenvalue weighted by Gasteiger charge is 2.46. The number of nitrogens with two attached hydrogens (primary N) is 1. The van der Waals surface area contributed by atoms with Crippen LogP contribution in [0.2, 0.25) is 0 Å². The molecule has 0 heterocycles. The number of rotatable bonds is 1. The molecule has 1 unspecified atom stereocenters. The molecular weight excluding hydrogens is 290 g/mol. The Morgan fingerprint density at radius 2 is 2.06 bits per heavy atom. The van der Waals surface area contributed by atoms with Crippen LogP contribution in [0, 0.1) is 5.41 Å². The molecule has 2 aliphatic rings. The van der Waals surface area contributed by atoms with Gasteiger partial charge in [-0.3, -0.25) is 0 Å². The van der Waals surface area contributed by atoms with E-state index in [4.69, 9.17) is 10.5 Å². The molecule has 18 heavy (non-hydrogen) atoms. The fourth-order valence-corrected chi connectivity index (χ4v) is 4.10. The molecule has 98 valence electrons. The van der Waals surface area contributed by atoms with E-state index in [0.29, 0.717) is 6.10 Å². The molecule has 0 aromatic heterocycles. The third-order valence-corrected chi connectivity index (χ3v) is 5.40. The van der Waals surface area contributed by atoms with E-state index in [1.165, 1.54) is 24.0 Å². The number of methoxy groups -OCH3 is 1. The van der Waals surface area contributed by atoms with Crippen LogP contribution in [-0.2, 0) is 11.2 Å². The van der Waals surface area contributed by atoms with Gasteiger partial charge in [0.05, 0.1) is 6.10 Å². The smallest absolute Gasteiger partial charge is 0.0571 e. The lowest BCUT2D eigenvalue weighted by molar-refractivity contribution is 0.0207. The molecule has 1 saturated carbocycles. The molecule has 2 aliphatic carbocycles. The summed E-state index contributed by atoms with van der Waals surface area (Å²) in [5.74, 6) is 0. The van der Waals surface area contributed by atoms with Crippen molar-refractivity contribution in [2.24, 2.45) is 11.1 Å². The van der Waals surface area contributed by atoms with Gasteiger partial charge in [-0.1, -0.05) is 22.0 Å². The molecule has 0 saturated heterocycles. The highest BCUT2D eigenvalue weighted by Crippen LogP contribution is 2.53. The minimum Gasteiger partial charge on any atom is -0.381 e. The molecule has 2 N–H and O–H groups in total. The van der Waals surface area contributed by atoms with Crippen LogP contribution >= 0.6 is 15.9 Å².